The van der Waals surface area contributed by atoms with Crippen LogP contribution in [-0.4, -0.2) is 77.4 Å². The van der Waals surface area contributed by atoms with Gasteiger partial charge in [0.05, 0.1) is 27.4 Å². The number of hydrogen-bond donors (Lipinski definition) is 5. The normalized spacial score (nSPS) is 17.1. The van der Waals surface area contributed by atoms with Crippen molar-refractivity contribution in [2.75, 3.05) is 28.4 Å². The molecule has 77 heavy (non-hydrogen) atoms. The molecule has 404 valence electrons. The molecular weight excluding hydrogens is 1000 g/mol. The first kappa shape index (κ1) is 56.4. The van der Waals surface area contributed by atoms with Crippen molar-refractivity contribution >= 4 is 37.9 Å². The molecule has 0 radical (unpaired) electrons. The quantitative estimate of drug-likeness (QED) is 0.0451. The number of Topliss-reactive ketones (excluding diaryl/α,β-unsaturated/α-hetero) is 1. The number of carbonyl (C=O) groups excluding carboxylic acids is 5. The van der Waals surface area contributed by atoms with E-state index in [1.807, 2.05) is 70.3 Å². The smallest absolute Gasteiger partial charge is 0.408 e. The number of alkyl carbamates (subject to hydrolysis) is 1. The van der Waals surface area contributed by atoms with Gasteiger partial charge >= 0.3 is 6.09 Å². The van der Waals surface area contributed by atoms with E-state index in [-0.39, 0.29) is 57.9 Å². The van der Waals surface area contributed by atoms with Crippen LogP contribution >= 0.6 is 0 Å². The number of phenols is 1. The van der Waals surface area contributed by atoms with E-state index in [0.717, 1.165) is 5.56 Å². The van der Waals surface area contributed by atoms with Crippen molar-refractivity contribution in [1.29, 1.82) is 0 Å². The molecule has 2 aliphatic rings. The maximum Gasteiger partial charge on any atom is 0.408 e. The molecule has 5 N–H and O–H groups in total. The standard InChI is InChI=1S/C59H66N4O13Si/c1-35-45(71-7)31-41(32-46(35)73-33-36-17-13-11-14-18-36)49(63-58(69)74-34-37-19-15-12-16-20-37)52(65)48-40-29-44(64)54(72-8)47(30-40)75-43-27-23-39(24-28-43)53(76-77(9,10)59(2,3)4)51(56(67)60-5)62-57(68)50(61-55(48)66)38-21-25-42(70-6)26-22-38/h11-32,48-51,53,64H,33-34H2,1-10H3,(H,60,67)(H,61,66)(H,62,68)(H,63,69)/t48-,49+,50-,51+,53-/m1/s1. The highest BCUT2D eigenvalue weighted by Crippen LogP contribution is 2.45. The van der Waals surface area contributed by atoms with E-state index in [2.05, 4.69) is 21.3 Å². The summed E-state index contributed by atoms with van der Waals surface area (Å²) in [4.78, 5) is 75.2. The minimum absolute atomic E-state index is 0.102. The van der Waals surface area contributed by atoms with E-state index in [1.54, 1.807) is 85.8 Å². The van der Waals surface area contributed by atoms with Crippen LogP contribution in [0.4, 0.5) is 4.79 Å². The van der Waals surface area contributed by atoms with Crippen molar-refractivity contribution in [2.24, 2.45) is 0 Å². The molecule has 0 aliphatic carbocycles. The van der Waals surface area contributed by atoms with Gasteiger partial charge < -0.3 is 59.2 Å². The van der Waals surface area contributed by atoms with Crippen LogP contribution in [0.5, 0.6) is 40.2 Å². The van der Waals surface area contributed by atoms with E-state index in [9.17, 15) is 14.7 Å². The zero-order valence-electron chi connectivity index (χ0n) is 44.8. The zero-order valence-corrected chi connectivity index (χ0v) is 45.8. The fourth-order valence-corrected chi connectivity index (χ4v) is 9.74. The first-order valence-electron chi connectivity index (χ1n) is 24.9. The van der Waals surface area contributed by atoms with Gasteiger partial charge in [-0.3, -0.25) is 19.2 Å². The van der Waals surface area contributed by atoms with Crippen LogP contribution in [0.1, 0.15) is 83.8 Å². The summed E-state index contributed by atoms with van der Waals surface area (Å²) in [5.41, 5.74) is 2.82. The van der Waals surface area contributed by atoms with Crippen molar-refractivity contribution in [2.45, 2.75) is 89.2 Å². The second-order valence-electron chi connectivity index (χ2n) is 20.0. The summed E-state index contributed by atoms with van der Waals surface area (Å²) >= 11 is 0. The van der Waals surface area contributed by atoms with Crippen LogP contribution in [0.25, 0.3) is 0 Å². The highest BCUT2D eigenvalue weighted by atomic mass is 28.4. The Morgan fingerprint density at radius 3 is 1.92 bits per heavy atom. The minimum Gasteiger partial charge on any atom is -0.504 e. The molecule has 2 aliphatic heterocycles. The summed E-state index contributed by atoms with van der Waals surface area (Å²) in [5.74, 6) is -4.94. The van der Waals surface area contributed by atoms with Gasteiger partial charge in [0.1, 0.15) is 60.3 Å². The summed E-state index contributed by atoms with van der Waals surface area (Å²) in [6, 6.07) is 32.2. The number of methoxy groups -OCH3 is 3. The molecule has 2 heterocycles. The van der Waals surface area contributed by atoms with Gasteiger partial charge in [-0.25, -0.2) is 4.79 Å². The van der Waals surface area contributed by atoms with Gasteiger partial charge in [-0.1, -0.05) is 106 Å². The van der Waals surface area contributed by atoms with Crippen LogP contribution in [0, 0.1) is 6.92 Å². The monoisotopic (exact) mass is 1070 g/mol. The molecule has 0 saturated carbocycles. The summed E-state index contributed by atoms with van der Waals surface area (Å²) in [7, 11) is 2.92. The molecule has 4 amide bonds. The number of benzene rings is 6. The number of fused-ring (bicyclic) bond motifs is 9. The van der Waals surface area contributed by atoms with Crippen molar-refractivity contribution in [3.63, 3.8) is 0 Å². The lowest BCUT2D eigenvalue weighted by Crippen LogP contribution is -2.55. The average Bonchev–Trinajstić information content (AvgIpc) is 3.42. The third kappa shape index (κ3) is 13.4. The topological polar surface area (TPSA) is 218 Å². The molecule has 6 aromatic rings. The third-order valence-corrected chi connectivity index (χ3v) is 18.3. The van der Waals surface area contributed by atoms with Crippen LogP contribution in [0.2, 0.25) is 18.1 Å². The Hall–Kier alpha value is -8.35. The third-order valence-electron chi connectivity index (χ3n) is 13.8. The molecule has 4 bridgehead atoms. The maximum absolute atomic E-state index is 16.0. The zero-order chi connectivity index (χ0) is 55.6. The van der Waals surface area contributed by atoms with Crippen molar-refractivity contribution in [3.8, 4) is 40.2 Å². The molecule has 17 nitrogen and oxygen atoms in total. The second-order valence-corrected chi connectivity index (χ2v) is 24.7. The molecule has 18 heteroatoms. The molecule has 8 rings (SSSR count). The number of amides is 4. The molecule has 0 fully saturated rings. The summed E-state index contributed by atoms with van der Waals surface area (Å²) in [6.45, 7) is 11.9. The number of nitrogens with one attached hydrogen (secondary N) is 4. The first-order valence-corrected chi connectivity index (χ1v) is 27.9. The first-order chi connectivity index (χ1) is 36.7. The summed E-state index contributed by atoms with van der Waals surface area (Å²) < 4.78 is 42.3. The SMILES string of the molecule is CNC(=O)[C@H]1NC(=O)[C@@H](c2ccc(OC)cc2)NC(=O)[C@@H](C(=O)[C@@H](NC(=O)OCc2ccccc2)c2cc(OC)c(C)c(OCc3ccccc3)c2)c2cc(O)c(OC)c(c2)Oc2ccc(cc2)[C@H]1O[Si](C)(C)C(C)(C)C. The molecule has 6 aromatic carbocycles. The van der Waals surface area contributed by atoms with Crippen molar-refractivity contribution in [1.82, 2.24) is 21.3 Å². The van der Waals surface area contributed by atoms with Gasteiger partial charge in [0.15, 0.2) is 25.6 Å². The van der Waals surface area contributed by atoms with Gasteiger partial charge in [0.2, 0.25) is 23.5 Å². The van der Waals surface area contributed by atoms with Gasteiger partial charge in [0.25, 0.3) is 0 Å². The lowest BCUT2D eigenvalue weighted by Gasteiger charge is -2.41. The Morgan fingerprint density at radius 1 is 0.727 bits per heavy atom. The lowest BCUT2D eigenvalue weighted by atomic mass is 9.85. The van der Waals surface area contributed by atoms with E-state index >= 15 is 14.4 Å². The highest BCUT2D eigenvalue weighted by molar-refractivity contribution is 6.74. The summed E-state index contributed by atoms with van der Waals surface area (Å²) in [6.07, 6.45) is -2.10. The minimum atomic E-state index is -2.75. The van der Waals surface area contributed by atoms with Gasteiger partial charge in [-0.15, -0.1) is 0 Å². The fraction of sp³-hybridized carbons (Fsp3) is 0.305. The highest BCUT2D eigenvalue weighted by Gasteiger charge is 2.45. The van der Waals surface area contributed by atoms with Crippen LogP contribution in [0.15, 0.2) is 133 Å². The Bertz CT molecular complexity index is 3060. The van der Waals surface area contributed by atoms with Gasteiger partial charge in [0, 0.05) is 12.6 Å². The van der Waals surface area contributed by atoms with E-state index in [0.29, 0.717) is 28.2 Å². The lowest BCUT2D eigenvalue weighted by molar-refractivity contribution is -0.136. The van der Waals surface area contributed by atoms with Crippen molar-refractivity contribution in [3.05, 3.63) is 172 Å². The number of ketones is 1. The van der Waals surface area contributed by atoms with Gasteiger partial charge in [-0.05, 0) is 107 Å². The second kappa shape index (κ2) is 24.5. The fourth-order valence-electron chi connectivity index (χ4n) is 8.48. The number of hydrogen-bond acceptors (Lipinski definition) is 13. The Kier molecular flexibility index (Phi) is 18.0. The van der Waals surface area contributed by atoms with Crippen molar-refractivity contribution < 1.29 is 61.9 Å². The number of carbonyl (C=O) groups is 5. The van der Waals surface area contributed by atoms with Crippen LogP contribution < -0.4 is 45.0 Å². The number of aromatic hydroxyl groups is 1. The Morgan fingerprint density at radius 2 is 1.34 bits per heavy atom. The number of likely N-dealkylation sites (N-methyl/N-ethyl adjacent to an activating group) is 1. The molecule has 0 spiro atoms. The summed E-state index contributed by atoms with van der Waals surface area (Å²) in [5, 5.41) is 22.5. The number of ether oxygens (including phenoxy) is 6. The van der Waals surface area contributed by atoms with E-state index in [1.165, 1.54) is 46.6 Å². The molecule has 5 atom stereocenters. The molecule has 0 saturated heterocycles. The number of phenolic OH excluding ortho intramolecular Hbond substituents is 1. The van der Waals surface area contributed by atoms with Crippen LogP contribution in [0.3, 0.4) is 0 Å². The van der Waals surface area contributed by atoms with E-state index in [4.69, 9.17) is 32.8 Å². The van der Waals surface area contributed by atoms with E-state index < -0.39 is 73.8 Å². The predicted molar refractivity (Wildman–Crippen MR) is 291 cm³/mol. The van der Waals surface area contributed by atoms with Gasteiger partial charge in [-0.2, -0.15) is 0 Å². The Labute approximate surface area is 449 Å². The molecule has 0 aromatic heterocycles. The molecular formula is C59H66N4O13Si. The average molecular weight is 1070 g/mol. The predicted octanol–water partition coefficient (Wildman–Crippen LogP) is 9.58. The number of rotatable bonds is 16. The molecule has 0 unspecified atom stereocenters. The maximum atomic E-state index is 16.0. The largest absolute Gasteiger partial charge is 0.504 e. The van der Waals surface area contributed by atoms with Crippen LogP contribution in [-0.2, 0) is 41.6 Å². The Balaban J connectivity index is 1.43.